The fraction of sp³-hybridized carbons (Fsp3) is 0.267. The van der Waals surface area contributed by atoms with Crippen LogP contribution >= 0.6 is 27.5 Å². The van der Waals surface area contributed by atoms with Gasteiger partial charge in [-0.25, -0.2) is 0 Å². The molecule has 1 atom stereocenters. The SMILES string of the molecule is CCNC(c1ccc(Br)cc1Cl)c1ncccc1OC. The Balaban J connectivity index is 2.50. The number of aromatic nitrogens is 1. The smallest absolute Gasteiger partial charge is 0.142 e. The van der Waals surface area contributed by atoms with E-state index in [0.717, 1.165) is 28.0 Å². The minimum atomic E-state index is -0.100. The predicted octanol–water partition coefficient (Wildman–Crippen LogP) is 4.21. The van der Waals surface area contributed by atoms with E-state index in [2.05, 4.69) is 33.2 Å². The van der Waals surface area contributed by atoms with E-state index in [9.17, 15) is 0 Å². The molecule has 1 N–H and O–H groups in total. The monoisotopic (exact) mass is 354 g/mol. The third kappa shape index (κ3) is 3.32. The molecule has 1 unspecified atom stereocenters. The van der Waals surface area contributed by atoms with Crippen molar-refractivity contribution in [1.82, 2.24) is 10.3 Å². The maximum Gasteiger partial charge on any atom is 0.142 e. The highest BCUT2D eigenvalue weighted by Gasteiger charge is 2.21. The number of rotatable bonds is 5. The highest BCUT2D eigenvalue weighted by molar-refractivity contribution is 9.10. The van der Waals surface area contributed by atoms with E-state index < -0.39 is 0 Å². The summed E-state index contributed by atoms with van der Waals surface area (Å²) in [5.74, 6) is 0.748. The van der Waals surface area contributed by atoms with Gasteiger partial charge in [0.15, 0.2) is 0 Å². The van der Waals surface area contributed by atoms with Crippen molar-refractivity contribution in [3.63, 3.8) is 0 Å². The summed E-state index contributed by atoms with van der Waals surface area (Å²) in [5.41, 5.74) is 1.81. The van der Waals surface area contributed by atoms with Crippen molar-refractivity contribution in [2.45, 2.75) is 13.0 Å². The lowest BCUT2D eigenvalue weighted by Gasteiger charge is -2.21. The lowest BCUT2D eigenvalue weighted by atomic mass is 10.0. The number of methoxy groups -OCH3 is 1. The van der Waals surface area contributed by atoms with Crippen LogP contribution in [0.2, 0.25) is 5.02 Å². The van der Waals surface area contributed by atoms with Crippen molar-refractivity contribution >= 4 is 27.5 Å². The largest absolute Gasteiger partial charge is 0.495 e. The molecule has 0 fully saturated rings. The highest BCUT2D eigenvalue weighted by Crippen LogP contribution is 2.33. The second kappa shape index (κ2) is 7.07. The van der Waals surface area contributed by atoms with Gasteiger partial charge in [0.2, 0.25) is 0 Å². The second-order valence-corrected chi connectivity index (χ2v) is 5.57. The van der Waals surface area contributed by atoms with Gasteiger partial charge in [0.25, 0.3) is 0 Å². The summed E-state index contributed by atoms with van der Waals surface area (Å²) in [5, 5.41) is 4.10. The molecule has 1 aromatic heterocycles. The Morgan fingerprint density at radius 3 is 2.85 bits per heavy atom. The molecule has 0 amide bonds. The van der Waals surface area contributed by atoms with Crippen LogP contribution in [0.3, 0.4) is 0 Å². The van der Waals surface area contributed by atoms with E-state index in [1.54, 1.807) is 13.3 Å². The Morgan fingerprint density at radius 1 is 1.40 bits per heavy atom. The van der Waals surface area contributed by atoms with Crippen molar-refractivity contribution in [2.24, 2.45) is 0 Å². The fourth-order valence-electron chi connectivity index (χ4n) is 2.09. The van der Waals surface area contributed by atoms with Crippen molar-refractivity contribution in [1.29, 1.82) is 0 Å². The van der Waals surface area contributed by atoms with Gasteiger partial charge in [-0.15, -0.1) is 0 Å². The molecule has 0 spiro atoms. The van der Waals surface area contributed by atoms with E-state index in [4.69, 9.17) is 16.3 Å². The maximum absolute atomic E-state index is 6.37. The van der Waals surface area contributed by atoms with Gasteiger partial charge in [-0.1, -0.05) is 40.5 Å². The molecule has 5 heteroatoms. The molecule has 0 saturated heterocycles. The molecule has 2 rings (SSSR count). The zero-order chi connectivity index (χ0) is 14.5. The van der Waals surface area contributed by atoms with Crippen LogP contribution in [0.25, 0.3) is 0 Å². The lowest BCUT2D eigenvalue weighted by Crippen LogP contribution is -2.23. The van der Waals surface area contributed by atoms with Crippen molar-refractivity contribution < 1.29 is 4.74 Å². The van der Waals surface area contributed by atoms with Crippen molar-refractivity contribution in [3.05, 3.63) is 57.3 Å². The number of hydrogen-bond donors (Lipinski definition) is 1. The zero-order valence-electron chi connectivity index (χ0n) is 11.4. The Hall–Kier alpha value is -1.10. The molecule has 0 saturated carbocycles. The first-order chi connectivity index (χ1) is 9.67. The summed E-state index contributed by atoms with van der Waals surface area (Å²) in [6.45, 7) is 2.85. The summed E-state index contributed by atoms with van der Waals surface area (Å²) in [6.07, 6.45) is 1.76. The van der Waals surface area contributed by atoms with Gasteiger partial charge in [0, 0.05) is 15.7 Å². The first-order valence-electron chi connectivity index (χ1n) is 6.34. The number of nitrogens with one attached hydrogen (secondary N) is 1. The van der Waals surface area contributed by atoms with Crippen LogP contribution in [-0.2, 0) is 0 Å². The molecular weight excluding hydrogens is 340 g/mol. The number of benzene rings is 1. The van der Waals surface area contributed by atoms with Crippen LogP contribution in [0.1, 0.15) is 24.2 Å². The minimum absolute atomic E-state index is 0.100. The molecule has 0 aliphatic carbocycles. The van der Waals surface area contributed by atoms with E-state index >= 15 is 0 Å². The molecule has 0 radical (unpaired) electrons. The van der Waals surface area contributed by atoms with Gasteiger partial charge < -0.3 is 10.1 Å². The standard InChI is InChI=1S/C15H16BrClN2O/c1-3-18-14(11-7-6-10(16)9-12(11)17)15-13(20-2)5-4-8-19-15/h4-9,14,18H,3H2,1-2H3. The van der Waals surface area contributed by atoms with Crippen molar-refractivity contribution in [2.75, 3.05) is 13.7 Å². The average Bonchev–Trinajstić information content (AvgIpc) is 2.45. The second-order valence-electron chi connectivity index (χ2n) is 4.25. The average molecular weight is 356 g/mol. The maximum atomic E-state index is 6.37. The minimum Gasteiger partial charge on any atom is -0.495 e. The van der Waals surface area contributed by atoms with Gasteiger partial charge in [-0.05, 0) is 36.4 Å². The van der Waals surface area contributed by atoms with Gasteiger partial charge in [-0.2, -0.15) is 0 Å². The Morgan fingerprint density at radius 2 is 2.20 bits per heavy atom. The van der Waals surface area contributed by atoms with Crippen LogP contribution in [0.5, 0.6) is 5.75 Å². The summed E-state index contributed by atoms with van der Waals surface area (Å²) in [4.78, 5) is 4.45. The summed E-state index contributed by atoms with van der Waals surface area (Å²) < 4.78 is 6.36. The predicted molar refractivity (Wildman–Crippen MR) is 85.5 cm³/mol. The van der Waals surface area contributed by atoms with Gasteiger partial charge in [0.05, 0.1) is 13.2 Å². The molecule has 1 aromatic carbocycles. The number of hydrogen-bond acceptors (Lipinski definition) is 3. The van der Waals surface area contributed by atoms with Gasteiger partial charge >= 0.3 is 0 Å². The molecule has 106 valence electrons. The van der Waals surface area contributed by atoms with Crippen LogP contribution < -0.4 is 10.1 Å². The number of nitrogens with zero attached hydrogens (tertiary/aromatic N) is 1. The molecular formula is C15H16BrClN2O. The zero-order valence-corrected chi connectivity index (χ0v) is 13.7. The normalized spacial score (nSPS) is 12.2. The summed E-state index contributed by atoms with van der Waals surface area (Å²) >= 11 is 9.79. The molecule has 0 aliphatic heterocycles. The van der Waals surface area contributed by atoms with E-state index in [-0.39, 0.29) is 6.04 Å². The summed E-state index contributed by atoms with van der Waals surface area (Å²) in [7, 11) is 1.65. The summed E-state index contributed by atoms with van der Waals surface area (Å²) in [6, 6.07) is 9.51. The third-order valence-electron chi connectivity index (χ3n) is 2.97. The lowest BCUT2D eigenvalue weighted by molar-refractivity contribution is 0.400. The fourth-order valence-corrected chi connectivity index (χ4v) is 2.87. The first kappa shape index (κ1) is 15.3. The van der Waals surface area contributed by atoms with Crippen LogP contribution in [0.15, 0.2) is 41.0 Å². The highest BCUT2D eigenvalue weighted by atomic mass is 79.9. The number of ether oxygens (including phenoxy) is 1. The Bertz CT molecular complexity index is 592. The van der Waals surface area contributed by atoms with Crippen molar-refractivity contribution in [3.8, 4) is 5.75 Å². The van der Waals surface area contributed by atoms with Crippen LogP contribution in [0, 0.1) is 0 Å². The molecule has 2 aromatic rings. The van der Waals surface area contributed by atoms with E-state index in [0.29, 0.717) is 5.02 Å². The number of halogens is 2. The Kier molecular flexibility index (Phi) is 5.40. The van der Waals surface area contributed by atoms with Crippen LogP contribution in [0.4, 0.5) is 0 Å². The topological polar surface area (TPSA) is 34.2 Å². The van der Waals surface area contributed by atoms with Gasteiger partial charge in [-0.3, -0.25) is 4.98 Å². The van der Waals surface area contributed by atoms with E-state index in [1.165, 1.54) is 0 Å². The molecule has 3 nitrogen and oxygen atoms in total. The van der Waals surface area contributed by atoms with E-state index in [1.807, 2.05) is 30.3 Å². The number of pyridine rings is 1. The first-order valence-corrected chi connectivity index (χ1v) is 7.51. The Labute approximate surface area is 132 Å². The van der Waals surface area contributed by atoms with Gasteiger partial charge in [0.1, 0.15) is 11.4 Å². The molecule has 0 bridgehead atoms. The molecule has 20 heavy (non-hydrogen) atoms. The third-order valence-corrected chi connectivity index (χ3v) is 3.80. The quantitative estimate of drug-likeness (QED) is 0.872. The van der Waals surface area contributed by atoms with Crippen LogP contribution in [-0.4, -0.2) is 18.6 Å². The molecule has 1 heterocycles. The molecule has 0 aliphatic rings.